The van der Waals surface area contributed by atoms with Crippen LogP contribution < -0.4 is 26.0 Å². The lowest BCUT2D eigenvalue weighted by Crippen LogP contribution is -2.81. The molecule has 0 atom stereocenters. The van der Waals surface area contributed by atoms with Gasteiger partial charge < -0.3 is 0 Å². The van der Waals surface area contributed by atoms with Crippen LogP contribution in [0.3, 0.4) is 0 Å². The van der Waals surface area contributed by atoms with Crippen molar-refractivity contribution < 1.29 is 92.0 Å². The standard InChI is InChI=1S/C24BF20.C8H10BrOS/c26-5-1(6(27)14(35)21(42)13(5)34)25(2-7(28)15(36)22(43)16(37)8(2)29,3-9(30)17(38)23(44)18(39)10(3)31)4-11(32)19(40)24(45)20(41)12(4)33;1-11(2)10-8-5-3-7(9)4-6-8/h;3-6H,1-2H3/q-1;+1. The summed E-state index contributed by atoms with van der Waals surface area (Å²) in [6.45, 7) is 0. The van der Waals surface area contributed by atoms with Crippen molar-refractivity contribution in [2.24, 2.45) is 0 Å². The van der Waals surface area contributed by atoms with Gasteiger partial charge in [0.05, 0.1) is 0 Å². The van der Waals surface area contributed by atoms with Crippen LogP contribution in [0, 0.1) is 116 Å². The molecule has 0 aromatic heterocycles. The molecule has 0 saturated carbocycles. The summed E-state index contributed by atoms with van der Waals surface area (Å²) in [7, 11) is 0. The van der Waals surface area contributed by atoms with Gasteiger partial charge in [0.1, 0.15) is 65.2 Å². The van der Waals surface area contributed by atoms with E-state index < -0.39 is 144 Å². The highest BCUT2D eigenvalue weighted by Crippen LogP contribution is 2.30. The van der Waals surface area contributed by atoms with E-state index in [1.807, 2.05) is 36.8 Å². The van der Waals surface area contributed by atoms with Crippen LogP contribution in [0.1, 0.15) is 0 Å². The minimum Gasteiger partial charge on any atom is -0.287 e. The van der Waals surface area contributed by atoms with E-state index in [0.29, 0.717) is 0 Å². The zero-order chi connectivity index (χ0) is 42.6. The van der Waals surface area contributed by atoms with Gasteiger partial charge in [-0.05, 0) is 24.3 Å². The van der Waals surface area contributed by atoms with Crippen LogP contribution in [0.4, 0.5) is 87.8 Å². The topological polar surface area (TPSA) is 9.23 Å². The van der Waals surface area contributed by atoms with Gasteiger partial charge in [-0.15, -0.1) is 21.9 Å². The molecular weight excluding hydrogens is 903 g/mol. The van der Waals surface area contributed by atoms with Gasteiger partial charge in [0.25, 0.3) is 0 Å². The van der Waals surface area contributed by atoms with E-state index in [2.05, 4.69) is 15.9 Å². The van der Waals surface area contributed by atoms with Gasteiger partial charge in [0.15, 0.2) is 86.7 Å². The fourth-order valence-electron chi connectivity index (χ4n) is 5.56. The normalized spacial score (nSPS) is 11.6. The van der Waals surface area contributed by atoms with E-state index in [9.17, 15) is 52.7 Å². The molecular formula is C32H10BBrF20OS. The average Bonchev–Trinajstić information content (AvgIpc) is 3.15. The van der Waals surface area contributed by atoms with Gasteiger partial charge in [-0.3, -0.25) is 4.18 Å². The van der Waals surface area contributed by atoms with Crippen LogP contribution in [0.25, 0.3) is 0 Å². The van der Waals surface area contributed by atoms with Crippen molar-refractivity contribution in [2.45, 2.75) is 0 Å². The lowest BCUT2D eigenvalue weighted by atomic mass is 9.12. The lowest BCUT2D eigenvalue weighted by molar-refractivity contribution is 0.378. The first-order chi connectivity index (χ1) is 25.9. The Morgan fingerprint density at radius 1 is 0.339 bits per heavy atom. The highest BCUT2D eigenvalue weighted by Gasteiger charge is 2.52. The van der Waals surface area contributed by atoms with Crippen LogP contribution in [0.2, 0.25) is 0 Å². The molecule has 0 amide bonds. The summed E-state index contributed by atoms with van der Waals surface area (Å²) in [5.41, 5.74) is -14.3. The molecule has 0 N–H and O–H groups in total. The first kappa shape index (κ1) is 44.1. The Morgan fingerprint density at radius 2 is 0.518 bits per heavy atom. The first-order valence-electron chi connectivity index (χ1n) is 14.1. The third kappa shape index (κ3) is 6.91. The molecule has 0 unspecified atom stereocenters. The van der Waals surface area contributed by atoms with Crippen molar-refractivity contribution in [2.75, 3.05) is 12.5 Å². The number of halogens is 21. The predicted molar refractivity (Wildman–Crippen MR) is 163 cm³/mol. The van der Waals surface area contributed by atoms with Crippen LogP contribution in [0.15, 0.2) is 28.7 Å². The third-order valence-electron chi connectivity index (χ3n) is 7.78. The van der Waals surface area contributed by atoms with Crippen LogP contribution in [-0.2, 0) is 11.2 Å². The molecule has 0 fully saturated rings. The molecule has 56 heavy (non-hydrogen) atoms. The van der Waals surface area contributed by atoms with Crippen molar-refractivity contribution in [3.05, 3.63) is 145 Å². The molecule has 5 rings (SSSR count). The van der Waals surface area contributed by atoms with E-state index in [0.717, 1.165) is 10.2 Å². The van der Waals surface area contributed by atoms with Gasteiger partial charge in [0.2, 0.25) is 0 Å². The summed E-state index contributed by atoms with van der Waals surface area (Å²) < 4.78 is 301. The second-order valence-electron chi connectivity index (χ2n) is 11.1. The Morgan fingerprint density at radius 3 is 0.696 bits per heavy atom. The SMILES string of the molecule is C[S+](C)Oc1ccc(Br)cc1.Fc1c(F)c(F)c([B-](c2c(F)c(F)c(F)c(F)c2F)(c2c(F)c(F)c(F)c(F)c2F)c2c(F)c(F)c(F)c(F)c2F)c(F)c1F. The van der Waals surface area contributed by atoms with E-state index in [1.165, 1.54) is 0 Å². The molecule has 5 aromatic carbocycles. The summed E-state index contributed by atoms with van der Waals surface area (Å²) in [5, 5.41) is 0. The molecule has 0 bridgehead atoms. The number of hydrogen-bond donors (Lipinski definition) is 0. The van der Waals surface area contributed by atoms with Gasteiger partial charge in [0, 0.05) is 4.47 Å². The number of benzene rings is 5. The maximum absolute atomic E-state index is 15.4. The molecule has 0 radical (unpaired) electrons. The quantitative estimate of drug-likeness (QED) is 0.0547. The summed E-state index contributed by atoms with van der Waals surface area (Å²) in [4.78, 5) is 0. The molecule has 24 heteroatoms. The lowest BCUT2D eigenvalue weighted by Gasteiger charge is -2.44. The maximum Gasteiger partial charge on any atom is 0.200 e. The Hall–Kier alpha value is -4.61. The van der Waals surface area contributed by atoms with Crippen molar-refractivity contribution >= 4 is 55.1 Å². The van der Waals surface area contributed by atoms with Gasteiger partial charge in [-0.25, -0.2) is 87.8 Å². The smallest absolute Gasteiger partial charge is 0.200 e. The highest BCUT2D eigenvalue weighted by atomic mass is 79.9. The van der Waals surface area contributed by atoms with E-state index in [1.54, 1.807) is 0 Å². The fourth-order valence-corrected chi connectivity index (χ4v) is 6.32. The minimum absolute atomic E-state index is 0.0115. The molecule has 0 aliphatic carbocycles. The van der Waals surface area contributed by atoms with Crippen LogP contribution >= 0.6 is 15.9 Å². The van der Waals surface area contributed by atoms with Crippen LogP contribution in [0.5, 0.6) is 5.75 Å². The van der Waals surface area contributed by atoms with Crippen molar-refractivity contribution in [1.29, 1.82) is 0 Å². The number of hydrogen-bond acceptors (Lipinski definition) is 1. The van der Waals surface area contributed by atoms with Gasteiger partial charge in [-0.1, -0.05) is 15.9 Å². The first-order valence-corrected chi connectivity index (χ1v) is 16.9. The Bertz CT molecular complexity index is 2010. The summed E-state index contributed by atoms with van der Waals surface area (Å²) >= 11 is 3.37. The zero-order valence-corrected chi connectivity index (χ0v) is 29.0. The van der Waals surface area contributed by atoms with E-state index in [4.69, 9.17) is 4.18 Å². The Kier molecular flexibility index (Phi) is 12.7. The summed E-state index contributed by atoms with van der Waals surface area (Å²) in [5.74, 6) is -70.5. The molecule has 0 heterocycles. The van der Waals surface area contributed by atoms with Crippen molar-refractivity contribution in [1.82, 2.24) is 0 Å². The van der Waals surface area contributed by atoms with E-state index in [-0.39, 0.29) is 11.2 Å². The molecule has 0 aliphatic rings. The zero-order valence-electron chi connectivity index (χ0n) is 26.6. The van der Waals surface area contributed by atoms with Gasteiger partial charge >= 0.3 is 0 Å². The fraction of sp³-hybridized carbons (Fsp3) is 0.0625. The molecule has 1 nitrogen and oxygen atoms in total. The molecule has 300 valence electrons. The second kappa shape index (κ2) is 16.1. The molecule has 0 saturated heterocycles. The monoisotopic (exact) mass is 912 g/mol. The van der Waals surface area contributed by atoms with Gasteiger partial charge in [-0.2, -0.15) is 0 Å². The Labute approximate surface area is 310 Å². The second-order valence-corrected chi connectivity index (χ2v) is 13.6. The number of rotatable bonds is 6. The predicted octanol–water partition coefficient (Wildman–Crippen LogP) is 8.47. The summed E-state index contributed by atoms with van der Waals surface area (Å²) in [6, 6.07) is 7.86. The van der Waals surface area contributed by atoms with Crippen molar-refractivity contribution in [3.63, 3.8) is 0 Å². The summed E-state index contributed by atoms with van der Waals surface area (Å²) in [6.07, 6.45) is -3.13. The van der Waals surface area contributed by atoms with E-state index >= 15 is 35.1 Å². The minimum atomic E-state index is -7.22. The third-order valence-corrected chi connectivity index (χ3v) is 8.84. The molecule has 0 aliphatic heterocycles. The molecule has 0 spiro atoms. The largest absolute Gasteiger partial charge is 0.287 e. The molecule has 5 aromatic rings. The maximum atomic E-state index is 15.4. The van der Waals surface area contributed by atoms with Crippen molar-refractivity contribution in [3.8, 4) is 5.75 Å². The highest BCUT2D eigenvalue weighted by molar-refractivity contribution is 9.10. The average molecular weight is 913 g/mol. The van der Waals surface area contributed by atoms with Crippen LogP contribution in [-0.4, -0.2) is 18.7 Å². The Balaban J connectivity index is 0.000000544.